The van der Waals surface area contributed by atoms with Crippen LogP contribution in [0.4, 0.5) is 5.69 Å². The number of benzene rings is 1. The zero-order chi connectivity index (χ0) is 10.4. The summed E-state index contributed by atoms with van der Waals surface area (Å²) < 4.78 is 0. The van der Waals surface area contributed by atoms with Crippen molar-refractivity contribution in [3.05, 3.63) is 28.8 Å². The number of halogens is 1. The van der Waals surface area contributed by atoms with E-state index in [4.69, 9.17) is 11.6 Å². The lowest BCUT2D eigenvalue weighted by Gasteiger charge is -2.23. The Kier molecular flexibility index (Phi) is 1.73. The van der Waals surface area contributed by atoms with Crippen LogP contribution in [-0.4, -0.2) is 18.4 Å². The highest BCUT2D eigenvalue weighted by Crippen LogP contribution is 2.29. The van der Waals surface area contributed by atoms with Crippen LogP contribution in [0.1, 0.15) is 5.56 Å². The fourth-order valence-electron chi connectivity index (χ4n) is 1.88. The highest BCUT2D eigenvalue weighted by Gasteiger charge is 2.30. The van der Waals surface area contributed by atoms with Crippen molar-refractivity contribution in [3.63, 3.8) is 0 Å². The number of nitrogens with zero attached hydrogens (tertiary/aromatic N) is 2. The van der Waals surface area contributed by atoms with Gasteiger partial charge in [-0.3, -0.25) is 10.1 Å². The van der Waals surface area contributed by atoms with Crippen molar-refractivity contribution in [1.82, 2.24) is 5.32 Å². The molecular formula is C10H8ClN3O. The molecule has 0 bridgehead atoms. The first-order valence-corrected chi connectivity index (χ1v) is 5.02. The van der Waals surface area contributed by atoms with Crippen molar-refractivity contribution in [1.29, 1.82) is 0 Å². The summed E-state index contributed by atoms with van der Waals surface area (Å²) in [5, 5.41) is 3.42. The van der Waals surface area contributed by atoms with Crippen LogP contribution in [0.15, 0.2) is 23.2 Å². The minimum Gasteiger partial charge on any atom is -0.303 e. The average molecular weight is 222 g/mol. The van der Waals surface area contributed by atoms with Gasteiger partial charge in [-0.2, -0.15) is 0 Å². The lowest BCUT2D eigenvalue weighted by atomic mass is 10.1. The van der Waals surface area contributed by atoms with Crippen LogP contribution in [-0.2, 0) is 11.3 Å². The fraction of sp³-hybridized carbons (Fsp3) is 0.200. The zero-order valence-electron chi connectivity index (χ0n) is 7.83. The maximum absolute atomic E-state index is 11.2. The summed E-state index contributed by atoms with van der Waals surface area (Å²) in [6.07, 6.45) is 0. The van der Waals surface area contributed by atoms with Crippen LogP contribution in [0.5, 0.6) is 0 Å². The molecule has 2 aliphatic heterocycles. The van der Waals surface area contributed by atoms with Gasteiger partial charge in [0.2, 0.25) is 11.9 Å². The number of rotatable bonds is 0. The number of carbonyl (C=O) groups is 1. The Bertz CT molecular complexity index is 484. The molecule has 0 saturated carbocycles. The summed E-state index contributed by atoms with van der Waals surface area (Å²) in [6, 6.07) is 5.64. The van der Waals surface area contributed by atoms with Gasteiger partial charge >= 0.3 is 0 Å². The molecule has 2 heterocycles. The van der Waals surface area contributed by atoms with Crippen molar-refractivity contribution in [3.8, 4) is 0 Å². The van der Waals surface area contributed by atoms with E-state index in [2.05, 4.69) is 10.3 Å². The standard InChI is InChI=1S/C10H8ClN3O/c11-7-1-2-8-6(3-7)4-12-10-13-9(15)5-14(8)10/h1-3H,4-5H2,(H,12,13,15). The topological polar surface area (TPSA) is 44.7 Å². The van der Waals surface area contributed by atoms with E-state index in [1.54, 1.807) is 0 Å². The molecule has 0 unspecified atom stereocenters. The maximum atomic E-state index is 11.2. The third kappa shape index (κ3) is 1.29. The van der Waals surface area contributed by atoms with Gasteiger partial charge < -0.3 is 4.90 Å². The van der Waals surface area contributed by atoms with Crippen LogP contribution in [0.25, 0.3) is 0 Å². The largest absolute Gasteiger partial charge is 0.303 e. The molecule has 0 aromatic heterocycles. The number of aliphatic imine (C=N–C) groups is 1. The van der Waals surface area contributed by atoms with Crippen molar-refractivity contribution in [2.75, 3.05) is 11.4 Å². The molecule has 1 aromatic rings. The predicted octanol–water partition coefficient (Wildman–Crippen LogP) is 1.15. The second-order valence-electron chi connectivity index (χ2n) is 3.55. The third-order valence-corrected chi connectivity index (χ3v) is 2.78. The molecule has 15 heavy (non-hydrogen) atoms. The summed E-state index contributed by atoms with van der Waals surface area (Å²) in [4.78, 5) is 17.4. The summed E-state index contributed by atoms with van der Waals surface area (Å²) in [5.41, 5.74) is 2.07. The Morgan fingerprint density at radius 1 is 1.47 bits per heavy atom. The van der Waals surface area contributed by atoms with E-state index in [1.165, 1.54) is 0 Å². The van der Waals surface area contributed by atoms with Gasteiger partial charge in [-0.1, -0.05) is 11.6 Å². The Labute approximate surface area is 91.5 Å². The number of fused-ring (bicyclic) bond motifs is 3. The van der Waals surface area contributed by atoms with E-state index in [9.17, 15) is 4.79 Å². The molecule has 1 amide bonds. The fourth-order valence-corrected chi connectivity index (χ4v) is 2.07. The minimum atomic E-state index is -0.0171. The van der Waals surface area contributed by atoms with Crippen molar-refractivity contribution < 1.29 is 4.79 Å². The lowest BCUT2D eigenvalue weighted by molar-refractivity contribution is -0.117. The van der Waals surface area contributed by atoms with Gasteiger partial charge in [-0.25, -0.2) is 4.99 Å². The Morgan fingerprint density at radius 2 is 2.33 bits per heavy atom. The molecule has 76 valence electrons. The molecule has 1 fully saturated rings. The molecule has 0 spiro atoms. The number of carbonyl (C=O) groups excluding carboxylic acids is 1. The minimum absolute atomic E-state index is 0.0171. The molecule has 0 atom stereocenters. The number of amides is 1. The van der Waals surface area contributed by atoms with Crippen molar-refractivity contribution in [2.24, 2.45) is 4.99 Å². The molecule has 4 nitrogen and oxygen atoms in total. The van der Waals surface area contributed by atoms with Gasteiger partial charge in [0, 0.05) is 10.7 Å². The highest BCUT2D eigenvalue weighted by molar-refractivity contribution is 6.30. The SMILES string of the molecule is O=C1CN2C(=NCc3cc(Cl)ccc32)N1. The second-order valence-corrected chi connectivity index (χ2v) is 3.98. The van der Waals surface area contributed by atoms with Gasteiger partial charge in [0.05, 0.1) is 6.54 Å². The first-order chi connectivity index (χ1) is 7.24. The third-order valence-electron chi connectivity index (χ3n) is 2.54. The average Bonchev–Trinajstić information content (AvgIpc) is 2.58. The smallest absolute Gasteiger partial charge is 0.246 e. The highest BCUT2D eigenvalue weighted by atomic mass is 35.5. The molecular weight excluding hydrogens is 214 g/mol. The van der Waals surface area contributed by atoms with Gasteiger partial charge in [-0.15, -0.1) is 0 Å². The summed E-state index contributed by atoms with van der Waals surface area (Å²) >= 11 is 5.90. The zero-order valence-corrected chi connectivity index (χ0v) is 8.58. The number of guanidine groups is 1. The molecule has 1 saturated heterocycles. The number of anilines is 1. The van der Waals surface area contributed by atoms with E-state index < -0.39 is 0 Å². The van der Waals surface area contributed by atoms with E-state index >= 15 is 0 Å². The second kappa shape index (κ2) is 2.97. The van der Waals surface area contributed by atoms with Gasteiger partial charge in [0.1, 0.15) is 6.54 Å². The number of hydrogen-bond donors (Lipinski definition) is 1. The molecule has 5 heteroatoms. The van der Waals surface area contributed by atoms with Gasteiger partial charge in [0.25, 0.3) is 0 Å². The van der Waals surface area contributed by atoms with Crippen LogP contribution in [0, 0.1) is 0 Å². The van der Waals surface area contributed by atoms with Gasteiger partial charge in [0.15, 0.2) is 0 Å². The van der Waals surface area contributed by atoms with E-state index in [1.807, 2.05) is 23.1 Å². The molecule has 0 aliphatic carbocycles. The molecule has 1 aromatic carbocycles. The van der Waals surface area contributed by atoms with Crippen LogP contribution < -0.4 is 10.2 Å². The lowest BCUT2D eigenvalue weighted by Crippen LogP contribution is -2.33. The predicted molar refractivity (Wildman–Crippen MR) is 58.1 cm³/mol. The quantitative estimate of drug-likeness (QED) is 0.714. The monoisotopic (exact) mass is 221 g/mol. The maximum Gasteiger partial charge on any atom is 0.246 e. The van der Waals surface area contributed by atoms with Crippen LogP contribution in [0.3, 0.4) is 0 Å². The van der Waals surface area contributed by atoms with Crippen molar-refractivity contribution in [2.45, 2.75) is 6.54 Å². The summed E-state index contributed by atoms with van der Waals surface area (Å²) in [6.45, 7) is 0.912. The molecule has 1 N–H and O–H groups in total. The van der Waals surface area contributed by atoms with E-state index in [0.717, 1.165) is 11.3 Å². The van der Waals surface area contributed by atoms with Crippen LogP contribution >= 0.6 is 11.6 Å². The number of nitrogens with one attached hydrogen (secondary N) is 1. The van der Waals surface area contributed by atoms with E-state index in [-0.39, 0.29) is 5.91 Å². The first-order valence-electron chi connectivity index (χ1n) is 4.64. The first kappa shape index (κ1) is 8.73. The van der Waals surface area contributed by atoms with Crippen LogP contribution in [0.2, 0.25) is 5.02 Å². The van der Waals surface area contributed by atoms with E-state index in [0.29, 0.717) is 24.1 Å². The molecule has 2 aliphatic rings. The summed E-state index contributed by atoms with van der Waals surface area (Å²) in [5.74, 6) is 0.631. The summed E-state index contributed by atoms with van der Waals surface area (Å²) in [7, 11) is 0. The number of hydrogen-bond acceptors (Lipinski definition) is 3. The molecule has 0 radical (unpaired) electrons. The Hall–Kier alpha value is -1.55. The Balaban J connectivity index is 2.10. The Morgan fingerprint density at radius 3 is 3.20 bits per heavy atom. The van der Waals surface area contributed by atoms with Crippen molar-refractivity contribution >= 4 is 29.2 Å². The molecule has 3 rings (SSSR count). The normalized spacial score (nSPS) is 18.1. The van der Waals surface area contributed by atoms with Gasteiger partial charge in [-0.05, 0) is 23.8 Å².